The lowest BCUT2D eigenvalue weighted by Gasteiger charge is -2.30. The Balaban J connectivity index is 0.00000242. The monoisotopic (exact) mass is 457 g/mol. The summed E-state index contributed by atoms with van der Waals surface area (Å²) in [5, 5.41) is 12.7. The van der Waals surface area contributed by atoms with E-state index in [1.807, 2.05) is 52.8 Å². The number of allylic oxidation sites excluding steroid dienone is 8. The summed E-state index contributed by atoms with van der Waals surface area (Å²) in [4.78, 5) is 11.2. The number of carbonyl (C=O) groups is 1. The fourth-order valence-electron chi connectivity index (χ4n) is 3.52. The molecule has 2 aliphatic rings. The first-order valence-electron chi connectivity index (χ1n) is 12.6. The second kappa shape index (κ2) is 16.3. The fourth-order valence-corrected chi connectivity index (χ4v) is 3.52. The summed E-state index contributed by atoms with van der Waals surface area (Å²) in [6.07, 6.45) is 14.7. The van der Waals surface area contributed by atoms with Crippen molar-refractivity contribution in [2.24, 2.45) is 5.41 Å². The summed E-state index contributed by atoms with van der Waals surface area (Å²) in [7, 11) is 0. The van der Waals surface area contributed by atoms with E-state index in [4.69, 9.17) is 4.74 Å². The van der Waals surface area contributed by atoms with Crippen molar-refractivity contribution in [3.8, 4) is 0 Å². The third kappa shape index (κ3) is 9.21. The third-order valence-corrected chi connectivity index (χ3v) is 5.55. The first-order valence-corrected chi connectivity index (χ1v) is 12.6. The largest absolute Gasteiger partial charge is 0.481 e. The molecule has 0 aromatic rings. The zero-order valence-corrected chi connectivity index (χ0v) is 22.3. The number of hydrogen-bond donors (Lipinski definition) is 2. The molecule has 186 valence electrons. The standard InChI is InChI=1S/C25H35NO3.2C2H6/c1-6-8-12-21-18(3)23(20-11-9-10-13-22(20)29-21)19(7-2)14-16-26-17-15-25(4,5)24(27)28;2*1-2/h6,8-9,11-12,26H,3,7,10,13-17H2,1-2,4-5H3,(H,27,28);2*1-2H3/b8-6-,21-12+,23-19-;;. The van der Waals surface area contributed by atoms with Gasteiger partial charge in [-0.2, -0.15) is 0 Å². The average Bonchev–Trinajstić information content (AvgIpc) is 2.83. The van der Waals surface area contributed by atoms with E-state index in [1.165, 1.54) is 16.7 Å². The van der Waals surface area contributed by atoms with Crippen LogP contribution in [0.25, 0.3) is 0 Å². The summed E-state index contributed by atoms with van der Waals surface area (Å²) in [6, 6.07) is 0. The SMILES string of the molecule is C=C1/C(=C(\CC)CCNCCC(C)(C)C(=O)O)C2=C(CCC=C2)O/C1=C/C=C\C.CC.CC. The van der Waals surface area contributed by atoms with Crippen LogP contribution in [0.5, 0.6) is 0 Å². The lowest BCUT2D eigenvalue weighted by molar-refractivity contribution is -0.147. The van der Waals surface area contributed by atoms with Gasteiger partial charge in [0.15, 0.2) is 0 Å². The van der Waals surface area contributed by atoms with Crippen molar-refractivity contribution in [1.82, 2.24) is 5.32 Å². The molecule has 33 heavy (non-hydrogen) atoms. The molecule has 0 amide bonds. The van der Waals surface area contributed by atoms with E-state index in [2.05, 4.69) is 31.0 Å². The predicted molar refractivity (Wildman–Crippen MR) is 142 cm³/mol. The first kappa shape index (κ1) is 30.7. The van der Waals surface area contributed by atoms with Crippen molar-refractivity contribution in [2.45, 2.75) is 87.5 Å². The van der Waals surface area contributed by atoms with Crippen LogP contribution in [0.15, 0.2) is 70.8 Å². The summed E-state index contributed by atoms with van der Waals surface area (Å²) in [5.41, 5.74) is 3.98. The number of hydrogen-bond acceptors (Lipinski definition) is 3. The zero-order valence-electron chi connectivity index (χ0n) is 22.3. The summed E-state index contributed by atoms with van der Waals surface area (Å²) < 4.78 is 6.17. The van der Waals surface area contributed by atoms with Gasteiger partial charge < -0.3 is 15.2 Å². The molecular weight excluding hydrogens is 410 g/mol. The van der Waals surface area contributed by atoms with Gasteiger partial charge in [-0.15, -0.1) is 0 Å². The van der Waals surface area contributed by atoms with Crippen molar-refractivity contribution in [2.75, 3.05) is 13.1 Å². The van der Waals surface area contributed by atoms with Gasteiger partial charge in [-0.1, -0.05) is 71.1 Å². The van der Waals surface area contributed by atoms with E-state index in [0.717, 1.165) is 49.3 Å². The van der Waals surface area contributed by atoms with Crippen LogP contribution in [0.3, 0.4) is 0 Å². The zero-order chi connectivity index (χ0) is 25.4. The van der Waals surface area contributed by atoms with Crippen molar-refractivity contribution < 1.29 is 14.6 Å². The van der Waals surface area contributed by atoms with Crippen LogP contribution in [0.4, 0.5) is 0 Å². The molecule has 1 aliphatic carbocycles. The van der Waals surface area contributed by atoms with Gasteiger partial charge in [0.2, 0.25) is 0 Å². The molecule has 1 heterocycles. The Morgan fingerprint density at radius 1 is 1.24 bits per heavy atom. The number of ether oxygens (including phenoxy) is 1. The van der Waals surface area contributed by atoms with Crippen molar-refractivity contribution in [3.63, 3.8) is 0 Å². The van der Waals surface area contributed by atoms with Gasteiger partial charge in [0.1, 0.15) is 11.5 Å². The van der Waals surface area contributed by atoms with E-state index in [9.17, 15) is 9.90 Å². The van der Waals surface area contributed by atoms with Gasteiger partial charge in [-0.3, -0.25) is 4.79 Å². The minimum Gasteiger partial charge on any atom is -0.481 e. The Labute approximate surface area is 202 Å². The number of aliphatic carboxylic acids is 1. The molecule has 2 rings (SSSR count). The molecule has 0 bridgehead atoms. The van der Waals surface area contributed by atoms with Gasteiger partial charge in [0.25, 0.3) is 0 Å². The molecule has 0 radical (unpaired) electrons. The highest BCUT2D eigenvalue weighted by atomic mass is 16.5. The Bertz CT molecular complexity index is 792. The van der Waals surface area contributed by atoms with Crippen molar-refractivity contribution >= 4 is 5.97 Å². The average molecular weight is 458 g/mol. The first-order chi connectivity index (χ1) is 15.8. The number of nitrogens with one attached hydrogen (secondary N) is 1. The highest BCUT2D eigenvalue weighted by molar-refractivity contribution is 5.73. The van der Waals surface area contributed by atoms with Crippen LogP contribution in [0.1, 0.15) is 87.5 Å². The van der Waals surface area contributed by atoms with E-state index >= 15 is 0 Å². The van der Waals surface area contributed by atoms with Crippen molar-refractivity contribution in [1.29, 1.82) is 0 Å². The maximum Gasteiger partial charge on any atom is 0.309 e. The van der Waals surface area contributed by atoms with Crippen LogP contribution < -0.4 is 5.32 Å². The minimum atomic E-state index is -0.752. The van der Waals surface area contributed by atoms with Crippen LogP contribution >= 0.6 is 0 Å². The molecule has 0 atom stereocenters. The van der Waals surface area contributed by atoms with Crippen LogP contribution in [-0.4, -0.2) is 24.2 Å². The summed E-state index contributed by atoms with van der Waals surface area (Å²) in [5.74, 6) is 1.11. The van der Waals surface area contributed by atoms with E-state index in [1.54, 1.807) is 13.8 Å². The van der Waals surface area contributed by atoms with Gasteiger partial charge in [-0.25, -0.2) is 0 Å². The minimum absolute atomic E-state index is 0.606. The normalized spacial score (nSPS) is 18.2. The van der Waals surface area contributed by atoms with Gasteiger partial charge in [0.05, 0.1) is 5.41 Å². The van der Waals surface area contributed by atoms with E-state index < -0.39 is 11.4 Å². The lowest BCUT2D eigenvalue weighted by atomic mass is 9.84. The molecule has 4 nitrogen and oxygen atoms in total. The molecule has 0 unspecified atom stereocenters. The van der Waals surface area contributed by atoms with Gasteiger partial charge >= 0.3 is 5.97 Å². The Kier molecular flexibility index (Phi) is 15.2. The maximum absolute atomic E-state index is 11.2. The molecule has 0 spiro atoms. The molecule has 0 aromatic carbocycles. The second-order valence-corrected chi connectivity index (χ2v) is 8.19. The lowest BCUT2D eigenvalue weighted by Crippen LogP contribution is -2.29. The Morgan fingerprint density at radius 3 is 2.48 bits per heavy atom. The van der Waals surface area contributed by atoms with Crippen LogP contribution in [-0.2, 0) is 9.53 Å². The quantitative estimate of drug-likeness (QED) is 0.346. The highest BCUT2D eigenvalue weighted by Gasteiger charge is 2.28. The number of rotatable bonds is 9. The molecule has 0 saturated carbocycles. The Hall–Kier alpha value is -2.33. The highest BCUT2D eigenvalue weighted by Crippen LogP contribution is 2.41. The fraction of sp³-hybridized carbons (Fsp3) is 0.552. The smallest absolute Gasteiger partial charge is 0.309 e. The van der Waals surface area contributed by atoms with Gasteiger partial charge in [0, 0.05) is 17.6 Å². The number of carboxylic acids is 1. The molecule has 1 aliphatic heterocycles. The Morgan fingerprint density at radius 2 is 1.91 bits per heavy atom. The second-order valence-electron chi connectivity index (χ2n) is 8.19. The maximum atomic E-state index is 11.2. The molecular formula is C29H47NO3. The molecule has 4 heteroatoms. The third-order valence-electron chi connectivity index (χ3n) is 5.55. The molecule has 2 N–H and O–H groups in total. The predicted octanol–water partition coefficient (Wildman–Crippen LogP) is 7.88. The molecule has 0 fully saturated rings. The molecule has 0 saturated heterocycles. The van der Waals surface area contributed by atoms with Gasteiger partial charge in [-0.05, 0) is 71.2 Å². The van der Waals surface area contributed by atoms with Crippen LogP contribution in [0.2, 0.25) is 0 Å². The summed E-state index contributed by atoms with van der Waals surface area (Å²) >= 11 is 0. The van der Waals surface area contributed by atoms with E-state index in [-0.39, 0.29) is 0 Å². The summed E-state index contributed by atoms with van der Waals surface area (Å²) in [6.45, 7) is 21.6. The number of carboxylic acid groups (broad SMARTS) is 1. The van der Waals surface area contributed by atoms with E-state index in [0.29, 0.717) is 13.0 Å². The topological polar surface area (TPSA) is 58.6 Å². The van der Waals surface area contributed by atoms with Crippen molar-refractivity contribution in [3.05, 3.63) is 70.8 Å². The molecule has 0 aromatic heterocycles. The van der Waals surface area contributed by atoms with Crippen LogP contribution in [0, 0.1) is 5.41 Å².